The highest BCUT2D eigenvalue weighted by molar-refractivity contribution is 5.49. The van der Waals surface area contributed by atoms with E-state index in [1.165, 1.54) is 56.9 Å². The second-order valence-corrected chi connectivity index (χ2v) is 5.85. The molecule has 0 aliphatic rings. The van der Waals surface area contributed by atoms with Gasteiger partial charge in [0.05, 0.1) is 0 Å². The third kappa shape index (κ3) is 9.28. The summed E-state index contributed by atoms with van der Waals surface area (Å²) in [5.74, 6) is 0.596. The van der Waals surface area contributed by atoms with E-state index in [4.69, 9.17) is 0 Å². The molecule has 0 bridgehead atoms. The van der Waals surface area contributed by atoms with Gasteiger partial charge in [-0.3, -0.25) is 0 Å². The van der Waals surface area contributed by atoms with Crippen LogP contribution in [0.5, 0.6) is 0 Å². The van der Waals surface area contributed by atoms with E-state index in [1.54, 1.807) is 0 Å². The number of hydrogen-bond acceptors (Lipinski definition) is 0. The fourth-order valence-corrected chi connectivity index (χ4v) is 2.47. The lowest BCUT2D eigenvalue weighted by atomic mass is 9.98. The molecule has 0 aliphatic heterocycles. The van der Waals surface area contributed by atoms with E-state index in [2.05, 4.69) is 68.5 Å². The zero-order valence-corrected chi connectivity index (χ0v) is 13.9. The first-order chi connectivity index (χ1) is 10.4. The summed E-state index contributed by atoms with van der Waals surface area (Å²) in [6.07, 6.45) is 19.9. The van der Waals surface area contributed by atoms with Crippen LogP contribution in [0.3, 0.4) is 0 Å². The van der Waals surface area contributed by atoms with Crippen LogP contribution in [0.25, 0.3) is 6.08 Å². The molecule has 1 rings (SSSR count). The van der Waals surface area contributed by atoms with Crippen LogP contribution in [0.1, 0.15) is 70.8 Å². The van der Waals surface area contributed by atoms with E-state index in [1.807, 2.05) is 0 Å². The molecule has 0 heteroatoms. The van der Waals surface area contributed by atoms with Crippen molar-refractivity contribution in [3.05, 3.63) is 54.1 Å². The molecule has 0 amide bonds. The highest BCUT2D eigenvalue weighted by Gasteiger charge is 2.00. The Morgan fingerprint density at radius 2 is 1.57 bits per heavy atom. The fourth-order valence-electron chi connectivity index (χ4n) is 2.47. The summed E-state index contributed by atoms with van der Waals surface area (Å²) in [4.78, 5) is 0. The Morgan fingerprint density at radius 1 is 0.857 bits per heavy atom. The van der Waals surface area contributed by atoms with Gasteiger partial charge in [-0.15, -0.1) is 0 Å². The largest absolute Gasteiger partial charge is 0.0879 e. The Bertz CT molecular complexity index is 386. The number of allylic oxidation sites excluding steroid dienone is 3. The van der Waals surface area contributed by atoms with Gasteiger partial charge in [-0.1, -0.05) is 101 Å². The maximum absolute atomic E-state index is 2.42. The second kappa shape index (κ2) is 12.4. The first-order valence-corrected chi connectivity index (χ1v) is 8.76. The Kier molecular flexibility index (Phi) is 10.5. The van der Waals surface area contributed by atoms with E-state index < -0.39 is 0 Å². The van der Waals surface area contributed by atoms with Crippen LogP contribution in [-0.4, -0.2) is 0 Å². The van der Waals surface area contributed by atoms with Gasteiger partial charge < -0.3 is 0 Å². The van der Waals surface area contributed by atoms with E-state index in [0.29, 0.717) is 5.92 Å². The lowest BCUT2D eigenvalue weighted by Crippen LogP contribution is -1.92. The molecule has 0 radical (unpaired) electrons. The number of hydrogen-bond donors (Lipinski definition) is 0. The summed E-state index contributed by atoms with van der Waals surface area (Å²) in [7, 11) is 0. The van der Waals surface area contributed by atoms with Gasteiger partial charge in [0.15, 0.2) is 0 Å². The van der Waals surface area contributed by atoms with E-state index in [-0.39, 0.29) is 0 Å². The van der Waals surface area contributed by atoms with Crippen molar-refractivity contribution < 1.29 is 0 Å². The molecule has 0 nitrogen and oxygen atoms in total. The van der Waals surface area contributed by atoms with Crippen molar-refractivity contribution in [1.29, 1.82) is 0 Å². The number of rotatable bonds is 11. The van der Waals surface area contributed by atoms with Crippen molar-refractivity contribution in [1.82, 2.24) is 0 Å². The number of unbranched alkanes of at least 4 members (excludes halogenated alkanes) is 5. The fraction of sp³-hybridized carbons (Fsp3) is 0.524. The van der Waals surface area contributed by atoms with Crippen molar-refractivity contribution in [3.63, 3.8) is 0 Å². The van der Waals surface area contributed by atoms with Crippen LogP contribution in [0, 0.1) is 5.92 Å². The van der Waals surface area contributed by atoms with E-state index in [9.17, 15) is 0 Å². The zero-order valence-electron chi connectivity index (χ0n) is 13.9. The Morgan fingerprint density at radius 3 is 2.29 bits per heavy atom. The van der Waals surface area contributed by atoms with Crippen LogP contribution >= 0.6 is 0 Å². The van der Waals surface area contributed by atoms with Crippen molar-refractivity contribution in [3.8, 4) is 0 Å². The third-order valence-electron chi connectivity index (χ3n) is 3.83. The topological polar surface area (TPSA) is 0 Å². The van der Waals surface area contributed by atoms with Crippen LogP contribution in [0.15, 0.2) is 48.6 Å². The molecule has 0 heterocycles. The molecular formula is C21H32. The highest BCUT2D eigenvalue weighted by Crippen LogP contribution is 2.16. The van der Waals surface area contributed by atoms with Crippen molar-refractivity contribution in [2.45, 2.75) is 65.2 Å². The molecule has 0 fully saturated rings. The molecule has 1 unspecified atom stereocenters. The average Bonchev–Trinajstić information content (AvgIpc) is 2.53. The molecule has 1 aromatic carbocycles. The van der Waals surface area contributed by atoms with Crippen LogP contribution < -0.4 is 0 Å². The Balaban J connectivity index is 2.48. The van der Waals surface area contributed by atoms with Crippen LogP contribution in [0.2, 0.25) is 0 Å². The Hall–Kier alpha value is -1.30. The predicted octanol–water partition coefficient (Wildman–Crippen LogP) is 7.03. The molecule has 0 N–H and O–H groups in total. The molecule has 0 aliphatic carbocycles. The zero-order chi connectivity index (χ0) is 15.2. The lowest BCUT2D eigenvalue weighted by Gasteiger charge is -2.07. The summed E-state index contributed by atoms with van der Waals surface area (Å²) in [5, 5.41) is 0. The van der Waals surface area contributed by atoms with Gasteiger partial charge in [0.25, 0.3) is 0 Å². The molecular weight excluding hydrogens is 252 g/mol. The van der Waals surface area contributed by atoms with Crippen LogP contribution in [0.4, 0.5) is 0 Å². The molecule has 116 valence electrons. The average molecular weight is 284 g/mol. The molecule has 1 atom stereocenters. The predicted molar refractivity (Wildman–Crippen MR) is 96.4 cm³/mol. The van der Waals surface area contributed by atoms with Gasteiger partial charge in [0.2, 0.25) is 0 Å². The smallest absolute Gasteiger partial charge is 0.00502 e. The standard InChI is InChI=1S/C21H32/c1-3-5-7-8-11-15-20(14-10-6-4-2)18-19-21-16-12-9-13-17-21/h9,11-13,15-20H,3-8,10,14H2,1-2H3. The van der Waals surface area contributed by atoms with Crippen molar-refractivity contribution in [2.24, 2.45) is 5.92 Å². The van der Waals surface area contributed by atoms with Gasteiger partial charge in [-0.25, -0.2) is 0 Å². The highest BCUT2D eigenvalue weighted by atomic mass is 14.1. The molecule has 1 aromatic rings. The van der Waals surface area contributed by atoms with Gasteiger partial charge in [0.1, 0.15) is 0 Å². The summed E-state index contributed by atoms with van der Waals surface area (Å²) >= 11 is 0. The summed E-state index contributed by atoms with van der Waals surface area (Å²) in [5.41, 5.74) is 1.30. The maximum atomic E-state index is 2.42. The minimum Gasteiger partial charge on any atom is -0.0879 e. The quantitative estimate of drug-likeness (QED) is 0.302. The first kappa shape index (κ1) is 17.8. The minimum atomic E-state index is 0.596. The summed E-state index contributed by atoms with van der Waals surface area (Å²) in [6.45, 7) is 4.54. The molecule has 0 aromatic heterocycles. The molecule has 0 spiro atoms. The summed E-state index contributed by atoms with van der Waals surface area (Å²) in [6, 6.07) is 10.6. The van der Waals surface area contributed by atoms with E-state index >= 15 is 0 Å². The second-order valence-electron chi connectivity index (χ2n) is 5.85. The van der Waals surface area contributed by atoms with Gasteiger partial charge >= 0.3 is 0 Å². The Labute approximate surface area is 132 Å². The minimum absolute atomic E-state index is 0.596. The normalized spacial score (nSPS) is 13.2. The third-order valence-corrected chi connectivity index (χ3v) is 3.83. The molecule has 0 saturated carbocycles. The monoisotopic (exact) mass is 284 g/mol. The van der Waals surface area contributed by atoms with Crippen molar-refractivity contribution in [2.75, 3.05) is 0 Å². The SMILES string of the molecule is CCCCCC=CC(C=Cc1ccccc1)CCCCC. The molecule has 21 heavy (non-hydrogen) atoms. The van der Waals surface area contributed by atoms with Gasteiger partial charge in [0, 0.05) is 0 Å². The van der Waals surface area contributed by atoms with Crippen LogP contribution in [-0.2, 0) is 0 Å². The molecule has 0 saturated heterocycles. The van der Waals surface area contributed by atoms with Crippen molar-refractivity contribution >= 4 is 6.08 Å². The van der Waals surface area contributed by atoms with Gasteiger partial charge in [-0.2, -0.15) is 0 Å². The van der Waals surface area contributed by atoms with Gasteiger partial charge in [-0.05, 0) is 30.7 Å². The maximum Gasteiger partial charge on any atom is -0.00502 e. The summed E-state index contributed by atoms with van der Waals surface area (Å²) < 4.78 is 0. The first-order valence-electron chi connectivity index (χ1n) is 8.76. The number of benzene rings is 1. The lowest BCUT2D eigenvalue weighted by molar-refractivity contribution is 0.610. The van der Waals surface area contributed by atoms with E-state index in [0.717, 1.165) is 0 Å².